The molecule has 5 nitrogen and oxygen atoms in total. The number of benzene rings is 1. The van der Waals surface area contributed by atoms with E-state index in [1.807, 2.05) is 24.5 Å². The van der Waals surface area contributed by atoms with Crippen LogP contribution in [0, 0.1) is 6.92 Å². The van der Waals surface area contributed by atoms with Crippen LogP contribution in [0.2, 0.25) is 0 Å². The first-order valence-electron chi connectivity index (χ1n) is 9.16. The topological polar surface area (TPSA) is 65.0 Å². The summed E-state index contributed by atoms with van der Waals surface area (Å²) in [5.74, 6) is 0. The van der Waals surface area contributed by atoms with Crippen molar-refractivity contribution in [2.45, 2.75) is 32.4 Å². The van der Waals surface area contributed by atoms with Crippen molar-refractivity contribution in [2.75, 3.05) is 13.1 Å². The van der Waals surface area contributed by atoms with Crippen LogP contribution in [0.15, 0.2) is 48.8 Å². The van der Waals surface area contributed by atoms with Gasteiger partial charge >= 0.3 is 0 Å². The van der Waals surface area contributed by atoms with Crippen molar-refractivity contribution < 1.29 is 5.11 Å². The zero-order chi connectivity index (χ0) is 17.9. The van der Waals surface area contributed by atoms with Crippen molar-refractivity contribution in [3.63, 3.8) is 0 Å². The summed E-state index contributed by atoms with van der Waals surface area (Å²) in [7, 11) is 0. The normalized spacial score (nSPS) is 16.1. The Morgan fingerprint density at radius 3 is 2.42 bits per heavy atom. The molecule has 5 heteroatoms. The quantitative estimate of drug-likeness (QED) is 0.758. The Morgan fingerprint density at radius 2 is 1.73 bits per heavy atom. The minimum Gasteiger partial charge on any atom is -0.393 e. The van der Waals surface area contributed by atoms with Gasteiger partial charge < -0.3 is 5.11 Å². The number of nitrogens with one attached hydrogen (secondary N) is 1. The molecule has 1 saturated heterocycles. The second-order valence-corrected chi connectivity index (χ2v) is 7.04. The van der Waals surface area contributed by atoms with Gasteiger partial charge in [0.25, 0.3) is 0 Å². The van der Waals surface area contributed by atoms with Crippen LogP contribution in [0.1, 0.15) is 24.1 Å². The molecule has 26 heavy (non-hydrogen) atoms. The van der Waals surface area contributed by atoms with E-state index in [0.29, 0.717) is 0 Å². The molecule has 1 aromatic carbocycles. The SMILES string of the molecule is Cc1ccc(-c2n[nH]c(CN3CCC(O)CC3)c2-c2ccncc2)cc1. The van der Waals surface area contributed by atoms with Gasteiger partial charge in [0.2, 0.25) is 0 Å². The lowest BCUT2D eigenvalue weighted by Crippen LogP contribution is -2.35. The molecule has 0 amide bonds. The summed E-state index contributed by atoms with van der Waals surface area (Å²) in [6.45, 7) is 4.73. The molecule has 1 aliphatic heterocycles. The Morgan fingerprint density at radius 1 is 1.04 bits per heavy atom. The van der Waals surface area contributed by atoms with E-state index >= 15 is 0 Å². The van der Waals surface area contributed by atoms with E-state index in [9.17, 15) is 5.11 Å². The van der Waals surface area contributed by atoms with Crippen LogP contribution in [0.5, 0.6) is 0 Å². The fourth-order valence-corrected chi connectivity index (χ4v) is 3.54. The molecular formula is C21H24N4O. The molecule has 1 aliphatic rings. The number of likely N-dealkylation sites (tertiary alicyclic amines) is 1. The van der Waals surface area contributed by atoms with Crippen molar-refractivity contribution in [2.24, 2.45) is 0 Å². The van der Waals surface area contributed by atoms with Gasteiger partial charge in [0, 0.05) is 43.2 Å². The molecule has 0 radical (unpaired) electrons. The molecular weight excluding hydrogens is 324 g/mol. The van der Waals surface area contributed by atoms with Crippen LogP contribution < -0.4 is 0 Å². The molecule has 2 N–H and O–H groups in total. The van der Waals surface area contributed by atoms with E-state index in [4.69, 9.17) is 0 Å². The maximum absolute atomic E-state index is 9.75. The number of aromatic nitrogens is 3. The lowest BCUT2D eigenvalue weighted by molar-refractivity contribution is 0.0787. The minimum absolute atomic E-state index is 0.157. The highest BCUT2D eigenvalue weighted by molar-refractivity contribution is 5.82. The summed E-state index contributed by atoms with van der Waals surface area (Å²) >= 11 is 0. The van der Waals surface area contributed by atoms with E-state index in [1.165, 1.54) is 5.56 Å². The van der Waals surface area contributed by atoms with Gasteiger partial charge in [-0.1, -0.05) is 29.8 Å². The first kappa shape index (κ1) is 16.9. The Bertz CT molecular complexity index is 849. The number of piperidine rings is 1. The predicted octanol–water partition coefficient (Wildman–Crippen LogP) is 3.40. The van der Waals surface area contributed by atoms with Gasteiger partial charge in [-0.05, 0) is 37.5 Å². The fraction of sp³-hybridized carbons (Fsp3) is 0.333. The molecule has 0 unspecified atom stereocenters. The van der Waals surface area contributed by atoms with Gasteiger partial charge in [-0.25, -0.2) is 0 Å². The number of aliphatic hydroxyl groups is 1. The summed E-state index contributed by atoms with van der Waals surface area (Å²) in [5.41, 5.74) is 6.70. The number of pyridine rings is 1. The number of H-pyrrole nitrogens is 1. The first-order chi connectivity index (χ1) is 12.7. The Labute approximate surface area is 153 Å². The number of aliphatic hydroxyl groups excluding tert-OH is 1. The largest absolute Gasteiger partial charge is 0.393 e. The molecule has 2 aromatic heterocycles. The Kier molecular flexibility index (Phi) is 4.82. The number of aryl methyl sites for hydroxylation is 1. The average Bonchev–Trinajstić information content (AvgIpc) is 3.08. The fourth-order valence-electron chi connectivity index (χ4n) is 3.54. The molecule has 134 valence electrons. The van der Waals surface area contributed by atoms with Crippen molar-refractivity contribution in [1.82, 2.24) is 20.1 Å². The highest BCUT2D eigenvalue weighted by Gasteiger charge is 2.22. The predicted molar refractivity (Wildman–Crippen MR) is 103 cm³/mol. The Hall–Kier alpha value is -2.50. The summed E-state index contributed by atoms with van der Waals surface area (Å²) in [5, 5.41) is 17.7. The van der Waals surface area contributed by atoms with Crippen molar-refractivity contribution >= 4 is 0 Å². The van der Waals surface area contributed by atoms with E-state index in [-0.39, 0.29) is 6.10 Å². The maximum Gasteiger partial charge on any atom is 0.100 e. The Balaban J connectivity index is 1.71. The smallest absolute Gasteiger partial charge is 0.100 e. The minimum atomic E-state index is -0.157. The molecule has 4 rings (SSSR count). The lowest BCUT2D eigenvalue weighted by atomic mass is 9.98. The lowest BCUT2D eigenvalue weighted by Gasteiger charge is -2.29. The third-order valence-corrected chi connectivity index (χ3v) is 5.07. The molecule has 0 spiro atoms. The van der Waals surface area contributed by atoms with Crippen LogP contribution in [-0.2, 0) is 6.54 Å². The summed E-state index contributed by atoms with van der Waals surface area (Å²) in [6, 6.07) is 12.5. The standard InChI is InChI=1S/C21H24N4O/c1-15-2-4-17(5-3-15)21-20(16-6-10-22-11-7-16)19(23-24-21)14-25-12-8-18(26)9-13-25/h2-7,10-11,18,26H,8-9,12-14H2,1H3,(H,23,24). The van der Waals surface area contributed by atoms with Crippen molar-refractivity contribution in [1.29, 1.82) is 0 Å². The summed E-state index contributed by atoms with van der Waals surface area (Å²) in [4.78, 5) is 6.53. The molecule has 1 fully saturated rings. The van der Waals surface area contributed by atoms with Crippen molar-refractivity contribution in [3.05, 3.63) is 60.0 Å². The first-order valence-corrected chi connectivity index (χ1v) is 9.16. The molecule has 0 aliphatic carbocycles. The maximum atomic E-state index is 9.75. The summed E-state index contributed by atoms with van der Waals surface area (Å²) < 4.78 is 0. The summed E-state index contributed by atoms with van der Waals surface area (Å²) in [6.07, 6.45) is 5.16. The van der Waals surface area contributed by atoms with E-state index in [2.05, 4.69) is 51.3 Å². The van der Waals surface area contributed by atoms with Gasteiger partial charge in [0.15, 0.2) is 0 Å². The number of nitrogens with zero attached hydrogens (tertiary/aromatic N) is 3. The van der Waals surface area contributed by atoms with Gasteiger partial charge in [-0.15, -0.1) is 0 Å². The van der Waals surface area contributed by atoms with Gasteiger partial charge in [0.1, 0.15) is 5.69 Å². The van der Waals surface area contributed by atoms with E-state index in [1.54, 1.807) is 0 Å². The van der Waals surface area contributed by atoms with E-state index < -0.39 is 0 Å². The second-order valence-electron chi connectivity index (χ2n) is 7.04. The third kappa shape index (κ3) is 3.54. The second kappa shape index (κ2) is 7.40. The number of aromatic amines is 1. The highest BCUT2D eigenvalue weighted by atomic mass is 16.3. The van der Waals surface area contributed by atoms with Crippen LogP contribution >= 0.6 is 0 Å². The van der Waals surface area contributed by atoms with Gasteiger partial charge in [-0.2, -0.15) is 5.10 Å². The van der Waals surface area contributed by atoms with Crippen LogP contribution in [-0.4, -0.2) is 44.4 Å². The monoisotopic (exact) mass is 348 g/mol. The van der Waals surface area contributed by atoms with Crippen LogP contribution in [0.4, 0.5) is 0 Å². The highest BCUT2D eigenvalue weighted by Crippen LogP contribution is 2.34. The number of hydrogen-bond donors (Lipinski definition) is 2. The van der Waals surface area contributed by atoms with Gasteiger partial charge in [-0.3, -0.25) is 15.0 Å². The zero-order valence-electron chi connectivity index (χ0n) is 15.0. The van der Waals surface area contributed by atoms with Crippen LogP contribution in [0.25, 0.3) is 22.4 Å². The van der Waals surface area contributed by atoms with Gasteiger partial charge in [0.05, 0.1) is 11.8 Å². The molecule has 3 heterocycles. The molecule has 3 aromatic rings. The van der Waals surface area contributed by atoms with Crippen LogP contribution in [0.3, 0.4) is 0 Å². The zero-order valence-corrected chi connectivity index (χ0v) is 15.0. The average molecular weight is 348 g/mol. The molecule has 0 saturated carbocycles. The molecule has 0 bridgehead atoms. The number of rotatable bonds is 4. The third-order valence-electron chi connectivity index (χ3n) is 5.07. The molecule has 0 atom stereocenters. The number of hydrogen-bond acceptors (Lipinski definition) is 4. The van der Waals surface area contributed by atoms with Crippen molar-refractivity contribution in [3.8, 4) is 22.4 Å². The van der Waals surface area contributed by atoms with E-state index in [0.717, 1.165) is 60.6 Å².